The molecule has 102 valence electrons. The average molecular weight is 291 g/mol. The molecule has 0 fully saturated rings. The summed E-state index contributed by atoms with van der Waals surface area (Å²) in [5.74, 6) is -0.690. The monoisotopic (exact) mass is 290 g/mol. The fourth-order valence-electron chi connectivity index (χ4n) is 1.73. The number of nitrogens with zero attached hydrogens (tertiary/aromatic N) is 1. The fourth-order valence-corrected chi connectivity index (χ4v) is 1.88. The standard InChI is InChI=1S/C14H12ClFN4/c15-12-10(18)7-11(19)14(13(12)16)20-9-3-1-8(2-4-9)5-6-17/h1-4,7,20H,5,18-19H2. The van der Waals surface area contributed by atoms with E-state index in [1.807, 2.05) is 0 Å². The van der Waals surface area contributed by atoms with Gasteiger partial charge in [-0.15, -0.1) is 0 Å². The summed E-state index contributed by atoms with van der Waals surface area (Å²) in [6.45, 7) is 0. The van der Waals surface area contributed by atoms with E-state index >= 15 is 0 Å². The highest BCUT2D eigenvalue weighted by Gasteiger charge is 2.14. The molecule has 2 aromatic rings. The molecule has 0 aromatic heterocycles. The van der Waals surface area contributed by atoms with Gasteiger partial charge in [-0.25, -0.2) is 4.39 Å². The highest BCUT2D eigenvalue weighted by Crippen LogP contribution is 2.35. The van der Waals surface area contributed by atoms with Crippen LogP contribution in [0.4, 0.5) is 27.1 Å². The number of halogens is 2. The van der Waals surface area contributed by atoms with Crippen molar-refractivity contribution in [2.24, 2.45) is 0 Å². The number of anilines is 4. The van der Waals surface area contributed by atoms with Crippen molar-refractivity contribution in [2.45, 2.75) is 6.42 Å². The lowest BCUT2D eigenvalue weighted by Gasteiger charge is -2.13. The molecular formula is C14H12ClFN4. The van der Waals surface area contributed by atoms with Gasteiger partial charge < -0.3 is 16.8 Å². The summed E-state index contributed by atoms with van der Waals surface area (Å²) in [6, 6.07) is 10.5. The second kappa shape index (κ2) is 5.68. The smallest absolute Gasteiger partial charge is 0.169 e. The van der Waals surface area contributed by atoms with Crippen LogP contribution in [0.5, 0.6) is 0 Å². The molecule has 0 spiro atoms. The molecule has 0 aliphatic heterocycles. The van der Waals surface area contributed by atoms with Crippen LogP contribution in [0, 0.1) is 17.1 Å². The summed E-state index contributed by atoms with van der Waals surface area (Å²) in [6.07, 6.45) is 0.324. The zero-order valence-electron chi connectivity index (χ0n) is 10.5. The van der Waals surface area contributed by atoms with Crippen molar-refractivity contribution in [1.29, 1.82) is 5.26 Å². The molecule has 5 N–H and O–H groups in total. The van der Waals surface area contributed by atoms with Gasteiger partial charge in [-0.2, -0.15) is 5.26 Å². The number of nitrogens with two attached hydrogens (primary N) is 2. The maximum Gasteiger partial charge on any atom is 0.169 e. The maximum atomic E-state index is 14.0. The van der Waals surface area contributed by atoms with Crippen molar-refractivity contribution >= 4 is 34.4 Å². The highest BCUT2D eigenvalue weighted by atomic mass is 35.5. The lowest BCUT2D eigenvalue weighted by molar-refractivity contribution is 0.633. The topological polar surface area (TPSA) is 87.9 Å². The summed E-state index contributed by atoms with van der Waals surface area (Å²) >= 11 is 5.76. The molecule has 0 saturated heterocycles. The first-order chi connectivity index (χ1) is 9.52. The molecule has 6 heteroatoms. The quantitative estimate of drug-likeness (QED) is 0.755. The summed E-state index contributed by atoms with van der Waals surface area (Å²) in [4.78, 5) is 0. The van der Waals surface area contributed by atoms with Gasteiger partial charge in [-0.05, 0) is 23.8 Å². The Kier molecular flexibility index (Phi) is 3.97. The van der Waals surface area contributed by atoms with Crippen LogP contribution in [0.25, 0.3) is 0 Å². The van der Waals surface area contributed by atoms with Crippen LogP contribution in [0.1, 0.15) is 5.56 Å². The number of hydrogen-bond donors (Lipinski definition) is 3. The van der Waals surface area contributed by atoms with Crippen molar-refractivity contribution in [3.05, 3.63) is 46.7 Å². The van der Waals surface area contributed by atoms with E-state index < -0.39 is 5.82 Å². The predicted octanol–water partition coefficient (Wildman–Crippen LogP) is 3.45. The second-order valence-corrected chi connectivity index (χ2v) is 4.59. The minimum atomic E-state index is -0.690. The van der Waals surface area contributed by atoms with E-state index in [4.69, 9.17) is 28.3 Å². The molecule has 0 saturated carbocycles. The largest absolute Gasteiger partial charge is 0.397 e. The molecule has 0 radical (unpaired) electrons. The number of nitrogen functional groups attached to an aromatic ring is 2. The maximum absolute atomic E-state index is 14.0. The van der Waals surface area contributed by atoms with Gasteiger partial charge in [0.25, 0.3) is 0 Å². The summed E-state index contributed by atoms with van der Waals surface area (Å²) < 4.78 is 14.0. The molecule has 0 aliphatic carbocycles. The lowest BCUT2D eigenvalue weighted by Crippen LogP contribution is -2.02. The zero-order valence-corrected chi connectivity index (χ0v) is 11.2. The third kappa shape index (κ3) is 2.76. The van der Waals surface area contributed by atoms with Gasteiger partial charge in [0, 0.05) is 5.69 Å². The van der Waals surface area contributed by atoms with Gasteiger partial charge in [0.1, 0.15) is 5.02 Å². The lowest BCUT2D eigenvalue weighted by atomic mass is 10.1. The molecule has 0 amide bonds. The summed E-state index contributed by atoms with van der Waals surface area (Å²) in [7, 11) is 0. The van der Waals surface area contributed by atoms with E-state index in [0.717, 1.165) is 5.56 Å². The van der Waals surface area contributed by atoms with Gasteiger partial charge >= 0.3 is 0 Å². The molecule has 0 heterocycles. The van der Waals surface area contributed by atoms with Crippen molar-refractivity contribution in [3.63, 3.8) is 0 Å². The number of rotatable bonds is 3. The third-order valence-corrected chi connectivity index (χ3v) is 3.16. The number of nitriles is 1. The van der Waals surface area contributed by atoms with Gasteiger partial charge in [-0.1, -0.05) is 23.7 Å². The molecule has 2 rings (SSSR count). The van der Waals surface area contributed by atoms with E-state index in [2.05, 4.69) is 11.4 Å². The van der Waals surface area contributed by atoms with Crippen LogP contribution in [0.15, 0.2) is 30.3 Å². The Morgan fingerprint density at radius 2 is 1.85 bits per heavy atom. The van der Waals surface area contributed by atoms with Crippen LogP contribution in [-0.2, 0) is 6.42 Å². The van der Waals surface area contributed by atoms with Gasteiger partial charge in [0.05, 0.1) is 29.6 Å². The van der Waals surface area contributed by atoms with Crippen molar-refractivity contribution in [3.8, 4) is 6.07 Å². The van der Waals surface area contributed by atoms with Crippen molar-refractivity contribution < 1.29 is 4.39 Å². The third-order valence-electron chi connectivity index (χ3n) is 2.77. The molecule has 20 heavy (non-hydrogen) atoms. The minimum absolute atomic E-state index is 0.0808. The zero-order chi connectivity index (χ0) is 14.7. The van der Waals surface area contributed by atoms with Gasteiger partial charge in [-0.3, -0.25) is 0 Å². The van der Waals surface area contributed by atoms with E-state index in [1.54, 1.807) is 24.3 Å². The second-order valence-electron chi connectivity index (χ2n) is 4.21. The molecule has 4 nitrogen and oxygen atoms in total. The highest BCUT2D eigenvalue weighted by molar-refractivity contribution is 6.33. The molecule has 2 aromatic carbocycles. The Bertz CT molecular complexity index is 677. The minimum Gasteiger partial charge on any atom is -0.397 e. The Morgan fingerprint density at radius 3 is 2.45 bits per heavy atom. The number of benzene rings is 2. The normalized spacial score (nSPS) is 10.1. The first kappa shape index (κ1) is 14.0. The Balaban J connectivity index is 2.31. The number of hydrogen-bond acceptors (Lipinski definition) is 4. The molecule has 0 aliphatic rings. The van der Waals surface area contributed by atoms with E-state index in [9.17, 15) is 4.39 Å². The fraction of sp³-hybridized carbons (Fsp3) is 0.0714. The van der Waals surface area contributed by atoms with Crippen LogP contribution >= 0.6 is 11.6 Å². The summed E-state index contributed by atoms with van der Waals surface area (Å²) in [5.41, 5.74) is 13.1. The van der Waals surface area contributed by atoms with E-state index in [0.29, 0.717) is 12.1 Å². The first-order valence-corrected chi connectivity index (χ1v) is 6.16. The molecule has 0 atom stereocenters. The summed E-state index contributed by atoms with van der Waals surface area (Å²) in [5, 5.41) is 11.3. The Labute approximate surface area is 120 Å². The van der Waals surface area contributed by atoms with Crippen LogP contribution in [-0.4, -0.2) is 0 Å². The Morgan fingerprint density at radius 1 is 1.20 bits per heavy atom. The van der Waals surface area contributed by atoms with Crippen molar-refractivity contribution in [1.82, 2.24) is 0 Å². The molecular weight excluding hydrogens is 279 g/mol. The first-order valence-electron chi connectivity index (χ1n) is 5.78. The van der Waals surface area contributed by atoms with Crippen molar-refractivity contribution in [2.75, 3.05) is 16.8 Å². The van der Waals surface area contributed by atoms with E-state index in [-0.39, 0.29) is 22.1 Å². The van der Waals surface area contributed by atoms with Crippen LogP contribution in [0.2, 0.25) is 5.02 Å². The van der Waals surface area contributed by atoms with Gasteiger partial charge in [0.2, 0.25) is 0 Å². The van der Waals surface area contributed by atoms with Gasteiger partial charge in [0.15, 0.2) is 5.82 Å². The molecule has 0 unspecified atom stereocenters. The number of nitrogens with one attached hydrogen (secondary N) is 1. The van der Waals surface area contributed by atoms with Crippen LogP contribution in [0.3, 0.4) is 0 Å². The predicted molar refractivity (Wildman–Crippen MR) is 79.3 cm³/mol. The van der Waals surface area contributed by atoms with Crippen LogP contribution < -0.4 is 16.8 Å². The molecule has 0 bridgehead atoms. The van der Waals surface area contributed by atoms with E-state index in [1.165, 1.54) is 6.07 Å². The SMILES string of the molecule is N#CCc1ccc(Nc2c(N)cc(N)c(Cl)c2F)cc1. The average Bonchev–Trinajstić information content (AvgIpc) is 2.43. The Hall–Kier alpha value is -2.45.